The molecule has 6 aliphatic heterocycles. The number of carbonyl (C=O) groups is 5. The summed E-state index contributed by atoms with van der Waals surface area (Å²) in [6.45, 7) is 16.0. The Balaban J connectivity index is 0.750. The lowest BCUT2D eigenvalue weighted by Gasteiger charge is -2.41. The van der Waals surface area contributed by atoms with Gasteiger partial charge in [-0.25, -0.2) is 4.85 Å². The molecule has 0 saturated carbocycles. The van der Waals surface area contributed by atoms with Gasteiger partial charge < -0.3 is 14.7 Å². The number of imide groups is 2. The Morgan fingerprint density at radius 3 is 2.20 bits per heavy atom. The summed E-state index contributed by atoms with van der Waals surface area (Å²) >= 11 is 6.37. The van der Waals surface area contributed by atoms with Crippen molar-refractivity contribution in [3.8, 4) is 0 Å². The molecule has 3 aromatic carbocycles. The van der Waals surface area contributed by atoms with Crippen LogP contribution in [0.5, 0.6) is 0 Å². The maximum atomic E-state index is 13.4. The first-order chi connectivity index (χ1) is 26.5. The second-order valence-electron chi connectivity index (χ2n) is 16.3. The van der Waals surface area contributed by atoms with E-state index in [1.54, 1.807) is 12.1 Å². The second kappa shape index (κ2) is 13.5. The number of anilines is 2. The van der Waals surface area contributed by atoms with Gasteiger partial charge in [0.05, 0.1) is 17.7 Å². The molecule has 6 heterocycles. The van der Waals surface area contributed by atoms with Gasteiger partial charge in [0.2, 0.25) is 17.5 Å². The van der Waals surface area contributed by atoms with Crippen LogP contribution in [0.4, 0.5) is 17.1 Å². The summed E-state index contributed by atoms with van der Waals surface area (Å²) in [4.78, 5) is 77.5. The molecule has 9 rings (SSSR count). The van der Waals surface area contributed by atoms with Crippen molar-refractivity contribution in [1.82, 2.24) is 20.0 Å². The van der Waals surface area contributed by atoms with Crippen molar-refractivity contribution >= 4 is 58.2 Å². The van der Waals surface area contributed by atoms with E-state index in [0.29, 0.717) is 65.5 Å². The van der Waals surface area contributed by atoms with E-state index in [1.807, 2.05) is 35.2 Å². The van der Waals surface area contributed by atoms with E-state index in [9.17, 15) is 24.0 Å². The third-order valence-corrected chi connectivity index (χ3v) is 13.1. The van der Waals surface area contributed by atoms with Gasteiger partial charge in [0.15, 0.2) is 0 Å². The van der Waals surface area contributed by atoms with Crippen molar-refractivity contribution in [3.63, 3.8) is 0 Å². The van der Waals surface area contributed by atoms with Crippen LogP contribution < -0.4 is 15.1 Å². The van der Waals surface area contributed by atoms with Gasteiger partial charge in [0.25, 0.3) is 17.7 Å². The number of rotatable bonds is 6. The summed E-state index contributed by atoms with van der Waals surface area (Å²) < 4.78 is 0. The smallest absolute Gasteiger partial charge is 0.262 e. The number of hydrogen-bond acceptors (Lipinski definition) is 8. The van der Waals surface area contributed by atoms with E-state index in [2.05, 4.69) is 43.9 Å². The Hall–Kier alpha value is -5.25. The molecule has 1 N–H and O–H groups in total. The Kier molecular flexibility index (Phi) is 8.70. The van der Waals surface area contributed by atoms with Gasteiger partial charge in [0.1, 0.15) is 6.04 Å². The minimum atomic E-state index is -0.973. The SMILES string of the molecule is [C-]#[N+]c1ccc(N2CC3(CCN(c4ccc(C(=O)N5CC(CN6Cc7cc8c(cc7C6)C(=O)N(C6CCC(=O)NC6=O)C8=O)C5)cc4)CC3)C[C@@H]2C)cc1Cl. The lowest BCUT2D eigenvalue weighted by Crippen LogP contribution is -2.54. The zero-order valence-corrected chi connectivity index (χ0v) is 31.5. The first kappa shape index (κ1) is 35.5. The Labute approximate surface area is 324 Å². The molecule has 5 amide bonds. The van der Waals surface area contributed by atoms with Crippen LogP contribution in [0.1, 0.15) is 81.2 Å². The van der Waals surface area contributed by atoms with Crippen molar-refractivity contribution in [2.24, 2.45) is 11.3 Å². The van der Waals surface area contributed by atoms with Crippen LogP contribution in [0.15, 0.2) is 54.6 Å². The van der Waals surface area contributed by atoms with Crippen LogP contribution in [0.3, 0.4) is 0 Å². The molecule has 0 radical (unpaired) electrons. The average molecular weight is 760 g/mol. The van der Waals surface area contributed by atoms with E-state index in [1.165, 1.54) is 0 Å². The number of hydrogen-bond donors (Lipinski definition) is 1. The van der Waals surface area contributed by atoms with E-state index in [0.717, 1.165) is 72.8 Å². The van der Waals surface area contributed by atoms with Gasteiger partial charge in [-0.3, -0.25) is 39.1 Å². The third-order valence-electron chi connectivity index (χ3n) is 12.8. The van der Waals surface area contributed by atoms with Crippen LogP contribution in [0.25, 0.3) is 4.85 Å². The highest BCUT2D eigenvalue weighted by Crippen LogP contribution is 2.46. The minimum absolute atomic E-state index is 0.0451. The molecular formula is C42H42ClN7O5. The van der Waals surface area contributed by atoms with E-state index >= 15 is 0 Å². The number of benzene rings is 3. The highest BCUT2D eigenvalue weighted by atomic mass is 35.5. The fourth-order valence-electron chi connectivity index (χ4n) is 9.81. The average Bonchev–Trinajstić information content (AvgIpc) is 3.79. The molecule has 4 fully saturated rings. The summed E-state index contributed by atoms with van der Waals surface area (Å²) in [6, 6.07) is 16.8. The third kappa shape index (κ3) is 6.23. The number of fused-ring (bicyclic) bond motifs is 2. The molecule has 3 aromatic rings. The Morgan fingerprint density at radius 1 is 0.927 bits per heavy atom. The van der Waals surface area contributed by atoms with Crippen molar-refractivity contribution < 1.29 is 24.0 Å². The highest BCUT2D eigenvalue weighted by molar-refractivity contribution is 6.33. The number of likely N-dealkylation sites (tertiary alicyclic amines) is 1. The van der Waals surface area contributed by atoms with Crippen molar-refractivity contribution in [3.05, 3.63) is 98.9 Å². The zero-order chi connectivity index (χ0) is 38.2. The molecule has 1 unspecified atom stereocenters. The maximum absolute atomic E-state index is 13.4. The lowest BCUT2D eigenvalue weighted by molar-refractivity contribution is -0.136. The number of nitrogens with one attached hydrogen (secondary N) is 1. The van der Waals surface area contributed by atoms with E-state index in [-0.39, 0.29) is 24.2 Å². The number of amides is 5. The molecule has 282 valence electrons. The number of halogens is 1. The predicted octanol–water partition coefficient (Wildman–Crippen LogP) is 5.27. The first-order valence-corrected chi connectivity index (χ1v) is 19.5. The van der Waals surface area contributed by atoms with Crippen LogP contribution in [-0.4, -0.2) is 95.6 Å². The molecule has 13 heteroatoms. The monoisotopic (exact) mass is 759 g/mol. The molecule has 0 bridgehead atoms. The summed E-state index contributed by atoms with van der Waals surface area (Å²) in [5.74, 6) is -1.60. The van der Waals surface area contributed by atoms with Gasteiger partial charge in [0, 0.05) is 92.7 Å². The Bertz CT molecular complexity index is 2140. The van der Waals surface area contributed by atoms with Crippen molar-refractivity contribution in [1.29, 1.82) is 0 Å². The number of carbonyl (C=O) groups excluding carboxylic acids is 5. The molecular weight excluding hydrogens is 718 g/mol. The largest absolute Gasteiger partial charge is 0.371 e. The summed E-state index contributed by atoms with van der Waals surface area (Å²) in [5.41, 5.74) is 6.28. The van der Waals surface area contributed by atoms with Gasteiger partial charge in [-0.1, -0.05) is 17.7 Å². The van der Waals surface area contributed by atoms with Gasteiger partial charge in [-0.15, -0.1) is 0 Å². The van der Waals surface area contributed by atoms with E-state index < -0.39 is 29.7 Å². The molecule has 55 heavy (non-hydrogen) atoms. The molecule has 6 aliphatic rings. The number of piperidine rings is 2. The fourth-order valence-corrected chi connectivity index (χ4v) is 10.0. The van der Waals surface area contributed by atoms with Crippen LogP contribution >= 0.6 is 11.6 Å². The predicted molar refractivity (Wildman–Crippen MR) is 206 cm³/mol. The maximum Gasteiger partial charge on any atom is 0.262 e. The molecule has 0 aromatic heterocycles. The fraction of sp³-hybridized carbons (Fsp3) is 0.429. The van der Waals surface area contributed by atoms with E-state index in [4.69, 9.17) is 18.2 Å². The highest BCUT2D eigenvalue weighted by Gasteiger charge is 2.46. The molecule has 1 spiro atoms. The van der Waals surface area contributed by atoms with Crippen LogP contribution in [0, 0.1) is 17.9 Å². The normalized spacial score (nSPS) is 23.6. The molecule has 0 aliphatic carbocycles. The van der Waals surface area contributed by atoms with Crippen LogP contribution in [0.2, 0.25) is 5.02 Å². The lowest BCUT2D eigenvalue weighted by atomic mass is 9.76. The minimum Gasteiger partial charge on any atom is -0.371 e. The van der Waals surface area contributed by atoms with Gasteiger partial charge in [-0.05, 0) is 97.7 Å². The van der Waals surface area contributed by atoms with Crippen LogP contribution in [-0.2, 0) is 22.7 Å². The molecule has 4 saturated heterocycles. The second-order valence-corrected chi connectivity index (χ2v) is 16.7. The first-order valence-electron chi connectivity index (χ1n) is 19.2. The number of nitrogens with zero attached hydrogens (tertiary/aromatic N) is 6. The topological polar surface area (TPSA) is 118 Å². The van der Waals surface area contributed by atoms with Crippen molar-refractivity contribution in [2.75, 3.05) is 49.1 Å². The summed E-state index contributed by atoms with van der Waals surface area (Å²) in [5, 5.41) is 2.75. The standard InChI is InChI=1S/C42H42ClN7O5/c1-25-18-42(24-49(25)31-7-8-35(44-2)34(43)17-31)11-13-47(14-12-42)30-5-3-27(4-6-30)39(53)48-20-26(21-48)19-46-22-28-15-32-33(16-29(28)23-46)41(55)50(40(32)54)36-9-10-37(51)45-38(36)52/h3-8,15-17,25-26,36H,9-14,18-24H2,1H3,(H,45,51,52)/t25-,36?/m0/s1. The van der Waals surface area contributed by atoms with Gasteiger partial charge >= 0.3 is 0 Å². The molecule has 12 nitrogen and oxygen atoms in total. The zero-order valence-electron chi connectivity index (χ0n) is 30.7. The summed E-state index contributed by atoms with van der Waals surface area (Å²) in [6.07, 6.45) is 3.56. The Morgan fingerprint density at radius 2 is 1.58 bits per heavy atom. The van der Waals surface area contributed by atoms with Crippen molar-refractivity contribution in [2.45, 2.75) is 64.2 Å². The molecule has 2 atom stereocenters. The summed E-state index contributed by atoms with van der Waals surface area (Å²) in [7, 11) is 0. The quantitative estimate of drug-likeness (QED) is 0.267. The van der Waals surface area contributed by atoms with Gasteiger partial charge in [-0.2, -0.15) is 0 Å².